The Morgan fingerprint density at radius 2 is 2.29 bits per heavy atom. The van der Waals surface area contributed by atoms with Crippen LogP contribution in [0.4, 0.5) is 5.82 Å². The van der Waals surface area contributed by atoms with Gasteiger partial charge in [-0.25, -0.2) is 4.98 Å². The number of thiazole rings is 1. The van der Waals surface area contributed by atoms with Crippen molar-refractivity contribution < 1.29 is 0 Å². The van der Waals surface area contributed by atoms with Gasteiger partial charge in [0.05, 0.1) is 5.69 Å². The maximum atomic E-state index is 4.88. The molecule has 0 spiro atoms. The van der Waals surface area contributed by atoms with Crippen LogP contribution in [0.15, 0.2) is 11.6 Å². The summed E-state index contributed by atoms with van der Waals surface area (Å²) in [5.74, 6) is 1.17. The Labute approximate surface area is 130 Å². The molecule has 6 heteroatoms. The van der Waals surface area contributed by atoms with Crippen molar-refractivity contribution in [2.24, 2.45) is 0 Å². The number of imidazole rings is 1. The van der Waals surface area contributed by atoms with E-state index in [9.17, 15) is 0 Å². The predicted molar refractivity (Wildman–Crippen MR) is 89.3 cm³/mol. The molecule has 1 saturated heterocycles. The largest absolute Gasteiger partial charge is 0.353 e. The lowest BCUT2D eigenvalue weighted by molar-refractivity contribution is 0.315. The Morgan fingerprint density at radius 1 is 1.48 bits per heavy atom. The van der Waals surface area contributed by atoms with Gasteiger partial charge in [-0.2, -0.15) is 0 Å². The van der Waals surface area contributed by atoms with Gasteiger partial charge in [0, 0.05) is 43.3 Å². The number of nitrogens with one attached hydrogen (secondary N) is 1. The van der Waals surface area contributed by atoms with Crippen LogP contribution in [0, 0.1) is 0 Å². The molecule has 5 nitrogen and oxygen atoms in total. The fraction of sp³-hybridized carbons (Fsp3) is 0.667. The van der Waals surface area contributed by atoms with Crippen LogP contribution in [-0.2, 0) is 6.54 Å². The molecule has 1 N–H and O–H groups in total. The Balaban J connectivity index is 1.87. The molecule has 21 heavy (non-hydrogen) atoms. The van der Waals surface area contributed by atoms with E-state index in [1.807, 2.05) is 0 Å². The van der Waals surface area contributed by atoms with Gasteiger partial charge in [-0.15, -0.1) is 11.3 Å². The second kappa shape index (κ2) is 5.94. The van der Waals surface area contributed by atoms with Crippen molar-refractivity contribution >= 4 is 22.1 Å². The molecular weight excluding hydrogens is 282 g/mol. The van der Waals surface area contributed by atoms with Gasteiger partial charge in [-0.1, -0.05) is 13.8 Å². The smallest absolute Gasteiger partial charge is 0.195 e. The van der Waals surface area contributed by atoms with Crippen LogP contribution in [0.5, 0.6) is 0 Å². The maximum absolute atomic E-state index is 4.88. The highest BCUT2D eigenvalue weighted by molar-refractivity contribution is 7.15. The average molecular weight is 307 g/mol. The number of anilines is 1. The third-order valence-corrected chi connectivity index (χ3v) is 4.97. The summed E-state index contributed by atoms with van der Waals surface area (Å²) in [6, 6.07) is 1.12. The van der Waals surface area contributed by atoms with E-state index in [2.05, 4.69) is 59.0 Å². The third kappa shape index (κ3) is 2.93. The molecule has 0 aliphatic carbocycles. The van der Waals surface area contributed by atoms with Crippen LogP contribution in [0.1, 0.15) is 26.0 Å². The molecule has 0 bridgehead atoms. The Morgan fingerprint density at radius 3 is 2.95 bits per heavy atom. The molecule has 116 valence electrons. The van der Waals surface area contributed by atoms with Gasteiger partial charge in [0.2, 0.25) is 0 Å². The molecular formula is C15H25N5S. The zero-order valence-electron chi connectivity index (χ0n) is 13.3. The standard InChI is InChI=1S/C15H25N5S/c1-11(2)16-9-13-14(17-15-20(13)7-8-21-15)19-6-5-12(10-19)18(3)4/h7-8,11-12,16H,5-6,9-10H2,1-4H3. The summed E-state index contributed by atoms with van der Waals surface area (Å²) in [4.78, 5) is 10.7. The summed E-state index contributed by atoms with van der Waals surface area (Å²) in [6.45, 7) is 7.41. The number of hydrogen-bond acceptors (Lipinski definition) is 5. The maximum Gasteiger partial charge on any atom is 0.195 e. The van der Waals surface area contributed by atoms with E-state index in [0.29, 0.717) is 12.1 Å². The Bertz CT molecular complexity index is 600. The monoisotopic (exact) mass is 307 g/mol. The van der Waals surface area contributed by atoms with Crippen molar-refractivity contribution in [1.82, 2.24) is 19.6 Å². The molecule has 0 aromatic carbocycles. The van der Waals surface area contributed by atoms with Crippen LogP contribution >= 0.6 is 11.3 Å². The molecule has 0 amide bonds. The fourth-order valence-electron chi connectivity index (χ4n) is 2.90. The highest BCUT2D eigenvalue weighted by Gasteiger charge is 2.28. The molecule has 1 fully saturated rings. The number of likely N-dealkylation sites (N-methyl/N-ethyl adjacent to an activating group) is 1. The molecule has 1 atom stereocenters. The van der Waals surface area contributed by atoms with Gasteiger partial charge < -0.3 is 15.1 Å². The van der Waals surface area contributed by atoms with Crippen LogP contribution < -0.4 is 10.2 Å². The summed E-state index contributed by atoms with van der Waals surface area (Å²) in [5.41, 5.74) is 1.29. The van der Waals surface area contributed by atoms with Crippen molar-refractivity contribution in [3.05, 3.63) is 17.3 Å². The highest BCUT2D eigenvalue weighted by atomic mass is 32.1. The predicted octanol–water partition coefficient (Wildman–Crippen LogP) is 2.03. The number of fused-ring (bicyclic) bond motifs is 1. The number of aromatic nitrogens is 2. The normalized spacial score (nSPS) is 19.5. The quantitative estimate of drug-likeness (QED) is 0.917. The summed E-state index contributed by atoms with van der Waals surface area (Å²) >= 11 is 1.71. The number of rotatable bonds is 5. The first-order chi connectivity index (χ1) is 10.1. The van der Waals surface area contributed by atoms with Gasteiger partial charge in [0.1, 0.15) is 0 Å². The van der Waals surface area contributed by atoms with Crippen LogP contribution in [-0.4, -0.2) is 53.6 Å². The minimum atomic E-state index is 0.482. The van der Waals surface area contributed by atoms with Crippen molar-refractivity contribution in [1.29, 1.82) is 0 Å². The molecule has 0 saturated carbocycles. The first-order valence-corrected chi connectivity index (χ1v) is 8.53. The van der Waals surface area contributed by atoms with Gasteiger partial charge >= 0.3 is 0 Å². The van der Waals surface area contributed by atoms with Crippen molar-refractivity contribution in [3.63, 3.8) is 0 Å². The van der Waals surface area contributed by atoms with E-state index in [0.717, 1.165) is 24.6 Å². The van der Waals surface area contributed by atoms with Crippen molar-refractivity contribution in [2.45, 2.75) is 38.9 Å². The molecule has 1 aliphatic rings. The van der Waals surface area contributed by atoms with Gasteiger partial charge in [0.25, 0.3) is 0 Å². The first kappa shape index (κ1) is 14.8. The van der Waals surface area contributed by atoms with E-state index in [4.69, 9.17) is 4.98 Å². The topological polar surface area (TPSA) is 35.8 Å². The zero-order chi connectivity index (χ0) is 15.0. The lowest BCUT2D eigenvalue weighted by Gasteiger charge is -2.21. The van der Waals surface area contributed by atoms with E-state index >= 15 is 0 Å². The SMILES string of the molecule is CC(C)NCc1c(N2CCC(N(C)C)C2)nc2sccn12. The fourth-order valence-corrected chi connectivity index (χ4v) is 3.62. The molecule has 2 aromatic rings. The van der Waals surface area contributed by atoms with E-state index < -0.39 is 0 Å². The highest BCUT2D eigenvalue weighted by Crippen LogP contribution is 2.28. The van der Waals surface area contributed by atoms with Gasteiger partial charge in [-0.3, -0.25) is 4.40 Å². The summed E-state index contributed by atoms with van der Waals surface area (Å²) in [7, 11) is 4.34. The summed E-state index contributed by atoms with van der Waals surface area (Å²) < 4.78 is 2.23. The molecule has 2 aromatic heterocycles. The van der Waals surface area contributed by atoms with Gasteiger partial charge in [0.15, 0.2) is 10.8 Å². The van der Waals surface area contributed by atoms with Gasteiger partial charge in [-0.05, 0) is 20.5 Å². The van der Waals surface area contributed by atoms with Crippen LogP contribution in [0.2, 0.25) is 0 Å². The van der Waals surface area contributed by atoms with Crippen molar-refractivity contribution in [3.8, 4) is 0 Å². The molecule has 1 unspecified atom stereocenters. The Kier molecular flexibility index (Phi) is 4.19. The van der Waals surface area contributed by atoms with Crippen LogP contribution in [0.25, 0.3) is 4.96 Å². The van der Waals surface area contributed by atoms with E-state index in [1.54, 1.807) is 11.3 Å². The minimum Gasteiger partial charge on any atom is -0.353 e. The molecule has 3 heterocycles. The average Bonchev–Trinajstić information content (AvgIpc) is 3.11. The lowest BCUT2D eigenvalue weighted by Crippen LogP contribution is -2.32. The zero-order valence-corrected chi connectivity index (χ0v) is 14.2. The Hall–Kier alpha value is -1.11. The molecule has 1 aliphatic heterocycles. The molecule has 3 rings (SSSR count). The number of hydrogen-bond donors (Lipinski definition) is 1. The molecule has 0 radical (unpaired) electrons. The summed E-state index contributed by atoms with van der Waals surface area (Å²) in [6.07, 6.45) is 3.35. The van der Waals surface area contributed by atoms with Crippen LogP contribution in [0.3, 0.4) is 0 Å². The van der Waals surface area contributed by atoms with E-state index in [-0.39, 0.29) is 0 Å². The van der Waals surface area contributed by atoms with E-state index in [1.165, 1.54) is 17.9 Å². The van der Waals surface area contributed by atoms with Crippen molar-refractivity contribution in [2.75, 3.05) is 32.1 Å². The summed E-state index contributed by atoms with van der Waals surface area (Å²) in [5, 5.41) is 5.64. The lowest BCUT2D eigenvalue weighted by atomic mass is 10.2. The second-order valence-corrected chi connectivity index (χ2v) is 7.20. The second-order valence-electron chi connectivity index (χ2n) is 6.33. The minimum absolute atomic E-state index is 0.482. The number of nitrogens with zero attached hydrogens (tertiary/aromatic N) is 4. The third-order valence-electron chi connectivity index (χ3n) is 4.21. The first-order valence-electron chi connectivity index (χ1n) is 7.65.